The van der Waals surface area contributed by atoms with Crippen molar-refractivity contribution < 1.29 is 14.0 Å². The Morgan fingerprint density at radius 3 is 2.49 bits per heavy atom. The van der Waals surface area contributed by atoms with Crippen molar-refractivity contribution in [2.75, 3.05) is 0 Å². The van der Waals surface area contributed by atoms with Crippen LogP contribution >= 0.6 is 0 Å². The standard InChI is InChI=1S/C29H27N5O3/c1-21-10-5-6-14-24(21)28(29(36)30-18-23-13-9-17-37-23)33(19-22-11-3-2-4-12-22)27(35)20-34-26-16-8-7-15-25(26)31-32-34/h2-17,28H,18-20H2,1H3,(H,30,36). The summed E-state index contributed by atoms with van der Waals surface area (Å²) < 4.78 is 6.97. The van der Waals surface area contributed by atoms with E-state index in [1.807, 2.05) is 85.8 Å². The monoisotopic (exact) mass is 493 g/mol. The number of rotatable bonds is 9. The van der Waals surface area contributed by atoms with Crippen LogP contribution in [0, 0.1) is 6.92 Å². The molecule has 2 heterocycles. The highest BCUT2D eigenvalue weighted by molar-refractivity contribution is 5.89. The van der Waals surface area contributed by atoms with Gasteiger partial charge in [0, 0.05) is 6.54 Å². The van der Waals surface area contributed by atoms with Gasteiger partial charge in [-0.05, 0) is 47.9 Å². The summed E-state index contributed by atoms with van der Waals surface area (Å²) >= 11 is 0. The molecular formula is C29H27N5O3. The van der Waals surface area contributed by atoms with E-state index < -0.39 is 6.04 Å². The number of benzene rings is 3. The van der Waals surface area contributed by atoms with E-state index in [2.05, 4.69) is 15.6 Å². The number of carbonyl (C=O) groups is 2. The molecule has 0 radical (unpaired) electrons. The maximum absolute atomic E-state index is 14.0. The first-order chi connectivity index (χ1) is 18.1. The predicted molar refractivity (Wildman–Crippen MR) is 139 cm³/mol. The van der Waals surface area contributed by atoms with Crippen LogP contribution in [0.5, 0.6) is 0 Å². The molecule has 0 fully saturated rings. The molecule has 5 rings (SSSR count). The highest BCUT2D eigenvalue weighted by atomic mass is 16.3. The van der Waals surface area contributed by atoms with E-state index in [4.69, 9.17) is 4.42 Å². The van der Waals surface area contributed by atoms with Gasteiger partial charge in [0.05, 0.1) is 18.3 Å². The molecule has 0 aliphatic rings. The zero-order chi connectivity index (χ0) is 25.6. The largest absolute Gasteiger partial charge is 0.467 e. The van der Waals surface area contributed by atoms with Gasteiger partial charge in [0.15, 0.2) is 0 Å². The number of hydrogen-bond acceptors (Lipinski definition) is 5. The summed E-state index contributed by atoms with van der Waals surface area (Å²) in [7, 11) is 0. The lowest BCUT2D eigenvalue weighted by Crippen LogP contribution is -2.44. The highest BCUT2D eigenvalue weighted by Gasteiger charge is 2.33. The van der Waals surface area contributed by atoms with Crippen LogP contribution in [0.1, 0.15) is 28.5 Å². The Morgan fingerprint density at radius 1 is 0.946 bits per heavy atom. The van der Waals surface area contributed by atoms with E-state index in [1.165, 1.54) is 0 Å². The summed E-state index contributed by atoms with van der Waals surface area (Å²) in [5, 5.41) is 11.3. The first kappa shape index (κ1) is 24.0. The third kappa shape index (κ3) is 5.43. The van der Waals surface area contributed by atoms with Gasteiger partial charge in [-0.2, -0.15) is 0 Å². The number of fused-ring (bicyclic) bond motifs is 1. The van der Waals surface area contributed by atoms with Gasteiger partial charge < -0.3 is 14.6 Å². The number of para-hydroxylation sites is 1. The van der Waals surface area contributed by atoms with Crippen molar-refractivity contribution >= 4 is 22.8 Å². The Kier molecular flexibility index (Phi) is 7.07. The van der Waals surface area contributed by atoms with Gasteiger partial charge in [-0.1, -0.05) is 71.9 Å². The maximum Gasteiger partial charge on any atom is 0.247 e. The second-order valence-corrected chi connectivity index (χ2v) is 8.80. The minimum absolute atomic E-state index is 0.0544. The van der Waals surface area contributed by atoms with Gasteiger partial charge in [0.25, 0.3) is 0 Å². The van der Waals surface area contributed by atoms with Gasteiger partial charge in [0.1, 0.15) is 23.9 Å². The number of aromatic nitrogens is 3. The van der Waals surface area contributed by atoms with Crippen molar-refractivity contribution in [3.05, 3.63) is 120 Å². The Hall–Kier alpha value is -4.72. The Balaban J connectivity index is 1.52. The van der Waals surface area contributed by atoms with Crippen LogP contribution in [0.15, 0.2) is 102 Å². The molecule has 0 spiro atoms. The fourth-order valence-corrected chi connectivity index (χ4v) is 4.38. The van der Waals surface area contributed by atoms with Crippen LogP contribution < -0.4 is 5.32 Å². The molecule has 2 aromatic heterocycles. The summed E-state index contributed by atoms with van der Waals surface area (Å²) in [5.41, 5.74) is 4.04. The van der Waals surface area contributed by atoms with Crippen molar-refractivity contribution in [2.45, 2.75) is 32.6 Å². The Labute approximate surface area is 214 Å². The molecule has 5 aromatic rings. The fraction of sp³-hybridized carbons (Fsp3) is 0.172. The molecule has 8 nitrogen and oxygen atoms in total. The van der Waals surface area contributed by atoms with Gasteiger partial charge in [-0.25, -0.2) is 4.68 Å². The molecule has 0 aliphatic carbocycles. The molecule has 0 bridgehead atoms. The summed E-state index contributed by atoms with van der Waals surface area (Å²) in [6.07, 6.45) is 1.56. The topological polar surface area (TPSA) is 93.3 Å². The maximum atomic E-state index is 14.0. The molecule has 37 heavy (non-hydrogen) atoms. The van der Waals surface area contributed by atoms with Crippen molar-refractivity contribution in [2.24, 2.45) is 0 Å². The van der Waals surface area contributed by atoms with Crippen LogP contribution in [0.4, 0.5) is 0 Å². The molecule has 0 aliphatic heterocycles. The molecule has 2 amide bonds. The molecule has 8 heteroatoms. The van der Waals surface area contributed by atoms with E-state index in [9.17, 15) is 9.59 Å². The van der Waals surface area contributed by atoms with Gasteiger partial charge in [-0.15, -0.1) is 5.10 Å². The molecule has 0 saturated carbocycles. The van der Waals surface area contributed by atoms with Crippen LogP contribution in [-0.2, 0) is 29.2 Å². The Bertz CT molecular complexity index is 1490. The fourth-order valence-electron chi connectivity index (χ4n) is 4.38. The minimum Gasteiger partial charge on any atom is -0.467 e. The summed E-state index contributed by atoms with van der Waals surface area (Å²) in [4.78, 5) is 29.3. The summed E-state index contributed by atoms with van der Waals surface area (Å²) in [5.74, 6) is 0.0891. The zero-order valence-electron chi connectivity index (χ0n) is 20.4. The van der Waals surface area contributed by atoms with Crippen LogP contribution in [0.2, 0.25) is 0 Å². The van der Waals surface area contributed by atoms with Crippen LogP contribution in [0.3, 0.4) is 0 Å². The van der Waals surface area contributed by atoms with Crippen LogP contribution in [-0.4, -0.2) is 31.7 Å². The number of nitrogens with one attached hydrogen (secondary N) is 1. The third-order valence-electron chi connectivity index (χ3n) is 6.28. The molecule has 1 unspecified atom stereocenters. The number of amides is 2. The molecule has 0 saturated heterocycles. The van der Waals surface area contributed by atoms with Crippen molar-refractivity contribution in [3.8, 4) is 0 Å². The second kappa shape index (κ2) is 10.9. The SMILES string of the molecule is Cc1ccccc1C(C(=O)NCc1ccco1)N(Cc1ccccc1)C(=O)Cn1nnc2ccccc21. The van der Waals surface area contributed by atoms with Gasteiger partial charge in [0.2, 0.25) is 11.8 Å². The number of furan rings is 1. The smallest absolute Gasteiger partial charge is 0.247 e. The average molecular weight is 494 g/mol. The lowest BCUT2D eigenvalue weighted by Gasteiger charge is -2.32. The molecule has 1 N–H and O–H groups in total. The molecular weight excluding hydrogens is 466 g/mol. The average Bonchev–Trinajstić information content (AvgIpc) is 3.59. The summed E-state index contributed by atoms with van der Waals surface area (Å²) in [6, 6.07) is 27.5. The van der Waals surface area contributed by atoms with E-state index in [0.717, 1.165) is 22.2 Å². The van der Waals surface area contributed by atoms with Crippen molar-refractivity contribution in [1.29, 1.82) is 0 Å². The summed E-state index contributed by atoms with van der Waals surface area (Å²) in [6.45, 7) is 2.36. The van der Waals surface area contributed by atoms with Gasteiger partial charge in [-0.3, -0.25) is 9.59 Å². The normalized spacial score (nSPS) is 11.8. The van der Waals surface area contributed by atoms with Crippen LogP contribution in [0.25, 0.3) is 11.0 Å². The lowest BCUT2D eigenvalue weighted by atomic mass is 9.98. The van der Waals surface area contributed by atoms with Crippen molar-refractivity contribution in [1.82, 2.24) is 25.2 Å². The first-order valence-corrected chi connectivity index (χ1v) is 12.1. The van der Waals surface area contributed by atoms with E-state index >= 15 is 0 Å². The van der Waals surface area contributed by atoms with E-state index in [1.54, 1.807) is 28.0 Å². The highest BCUT2D eigenvalue weighted by Crippen LogP contribution is 2.27. The van der Waals surface area contributed by atoms with Gasteiger partial charge >= 0.3 is 0 Å². The quantitative estimate of drug-likeness (QED) is 0.328. The molecule has 186 valence electrons. The predicted octanol–water partition coefficient (Wildman–Crippen LogP) is 4.42. The van der Waals surface area contributed by atoms with E-state index in [0.29, 0.717) is 11.3 Å². The molecule has 1 atom stereocenters. The van der Waals surface area contributed by atoms with E-state index in [-0.39, 0.29) is 31.4 Å². The number of aryl methyl sites for hydroxylation is 1. The lowest BCUT2D eigenvalue weighted by molar-refractivity contribution is -0.142. The number of hydrogen-bond donors (Lipinski definition) is 1. The second-order valence-electron chi connectivity index (χ2n) is 8.80. The first-order valence-electron chi connectivity index (χ1n) is 12.1. The zero-order valence-corrected chi connectivity index (χ0v) is 20.4. The third-order valence-corrected chi connectivity index (χ3v) is 6.28. The molecule has 3 aromatic carbocycles. The number of carbonyl (C=O) groups excluding carboxylic acids is 2. The minimum atomic E-state index is -0.862. The Morgan fingerprint density at radius 2 is 1.70 bits per heavy atom. The number of nitrogens with zero attached hydrogens (tertiary/aromatic N) is 4. The van der Waals surface area contributed by atoms with Crippen molar-refractivity contribution in [3.63, 3.8) is 0 Å².